The molecule has 42 valence electrons. The van der Waals surface area contributed by atoms with E-state index < -0.39 is 0 Å². The molecule has 0 saturated carbocycles. The second-order valence-corrected chi connectivity index (χ2v) is 1.14. The second-order valence-electron chi connectivity index (χ2n) is 1.14. The van der Waals surface area contributed by atoms with Crippen LogP contribution >= 0.6 is 0 Å². The van der Waals surface area contributed by atoms with Crippen molar-refractivity contribution in [3.8, 4) is 12.3 Å². The van der Waals surface area contributed by atoms with Crippen LogP contribution in [0, 0.1) is 12.3 Å². The van der Waals surface area contributed by atoms with Crippen LogP contribution in [0.25, 0.3) is 0 Å². The maximum absolute atomic E-state index is 8.19. The van der Waals surface area contributed by atoms with Gasteiger partial charge in [-0.2, -0.15) is 0 Å². The highest BCUT2D eigenvalue weighted by Crippen LogP contribution is 1.72. The average molecular weight is 108 g/mol. The van der Waals surface area contributed by atoms with Crippen molar-refractivity contribution < 1.29 is 5.11 Å². The fourth-order valence-corrected chi connectivity index (χ4v) is 0.251. The van der Waals surface area contributed by atoms with E-state index in [1.54, 1.807) is 24.3 Å². The maximum atomic E-state index is 8.19. The number of hydrogen-bond donors (Lipinski definition) is 1. The van der Waals surface area contributed by atoms with Crippen molar-refractivity contribution >= 4 is 0 Å². The molecular formula is C7H8O. The third-order valence-corrected chi connectivity index (χ3v) is 0.545. The van der Waals surface area contributed by atoms with Crippen LogP contribution in [-0.4, -0.2) is 11.7 Å². The van der Waals surface area contributed by atoms with Gasteiger partial charge in [0.25, 0.3) is 0 Å². The molecule has 0 radical (unpaired) electrons. The standard InChI is InChI=1S/C7H8O/c1-2-3-4-5-6-7-8/h1,3-6,8H,7H2/b4-3+,6-5+. The minimum atomic E-state index is 0.0644. The molecule has 1 heteroatoms. The molecule has 0 rings (SSSR count). The summed E-state index contributed by atoms with van der Waals surface area (Å²) in [5.41, 5.74) is 0. The lowest BCUT2D eigenvalue weighted by Gasteiger charge is -1.70. The molecule has 0 aliphatic rings. The van der Waals surface area contributed by atoms with Gasteiger partial charge in [-0.15, -0.1) is 6.42 Å². The van der Waals surface area contributed by atoms with Crippen molar-refractivity contribution in [2.24, 2.45) is 0 Å². The van der Waals surface area contributed by atoms with Crippen molar-refractivity contribution in [1.82, 2.24) is 0 Å². The van der Waals surface area contributed by atoms with Crippen LogP contribution in [0.1, 0.15) is 0 Å². The van der Waals surface area contributed by atoms with Crippen molar-refractivity contribution in [2.75, 3.05) is 6.61 Å². The van der Waals surface area contributed by atoms with Crippen LogP contribution in [0.15, 0.2) is 24.3 Å². The Balaban J connectivity index is 3.31. The molecule has 0 aromatic heterocycles. The highest BCUT2D eigenvalue weighted by atomic mass is 16.2. The minimum absolute atomic E-state index is 0.0644. The van der Waals surface area contributed by atoms with Crippen LogP contribution < -0.4 is 0 Å². The molecule has 0 aromatic carbocycles. The molecule has 0 aliphatic heterocycles. The number of aliphatic hydroxyl groups excluding tert-OH is 1. The third-order valence-electron chi connectivity index (χ3n) is 0.545. The van der Waals surface area contributed by atoms with E-state index >= 15 is 0 Å². The zero-order chi connectivity index (χ0) is 6.24. The van der Waals surface area contributed by atoms with Crippen molar-refractivity contribution in [1.29, 1.82) is 0 Å². The van der Waals surface area contributed by atoms with Gasteiger partial charge in [0.15, 0.2) is 0 Å². The molecule has 0 bridgehead atoms. The highest BCUT2D eigenvalue weighted by molar-refractivity contribution is 5.15. The molecule has 0 aromatic rings. The van der Waals surface area contributed by atoms with Gasteiger partial charge in [0.05, 0.1) is 6.61 Å². The van der Waals surface area contributed by atoms with Crippen LogP contribution in [0.5, 0.6) is 0 Å². The molecule has 0 fully saturated rings. The third kappa shape index (κ3) is 5.00. The predicted octanol–water partition coefficient (Wildman–Crippen LogP) is 0.724. The van der Waals surface area contributed by atoms with Crippen LogP contribution in [0.3, 0.4) is 0 Å². The maximum Gasteiger partial charge on any atom is 0.0615 e. The summed E-state index contributed by atoms with van der Waals surface area (Å²) in [6.45, 7) is 0.0644. The summed E-state index contributed by atoms with van der Waals surface area (Å²) in [6, 6.07) is 0. The Labute approximate surface area is 49.3 Å². The van der Waals surface area contributed by atoms with Crippen molar-refractivity contribution in [2.45, 2.75) is 0 Å². The molecule has 0 atom stereocenters. The zero-order valence-corrected chi connectivity index (χ0v) is 4.54. The molecule has 0 spiro atoms. The van der Waals surface area contributed by atoms with Crippen molar-refractivity contribution in [3.63, 3.8) is 0 Å². The second kappa shape index (κ2) is 6.00. The van der Waals surface area contributed by atoms with E-state index in [0.717, 1.165) is 0 Å². The molecule has 0 heterocycles. The Morgan fingerprint density at radius 1 is 1.50 bits per heavy atom. The summed E-state index contributed by atoms with van der Waals surface area (Å²) >= 11 is 0. The Hall–Kier alpha value is -1.00. The molecule has 1 nitrogen and oxygen atoms in total. The lowest BCUT2D eigenvalue weighted by Crippen LogP contribution is -1.66. The monoisotopic (exact) mass is 108 g/mol. The SMILES string of the molecule is C#C/C=C/C=C/CO. The average Bonchev–Trinajstić information content (AvgIpc) is 1.81. The van der Waals surface area contributed by atoms with Gasteiger partial charge in [-0.25, -0.2) is 0 Å². The highest BCUT2D eigenvalue weighted by Gasteiger charge is 1.59. The summed E-state index contributed by atoms with van der Waals surface area (Å²) in [5.74, 6) is 2.31. The fraction of sp³-hybridized carbons (Fsp3) is 0.143. The van der Waals surface area contributed by atoms with Gasteiger partial charge in [0.1, 0.15) is 0 Å². The summed E-state index contributed by atoms with van der Waals surface area (Å²) in [6.07, 6.45) is 11.4. The minimum Gasteiger partial charge on any atom is -0.392 e. The Morgan fingerprint density at radius 3 is 2.75 bits per heavy atom. The molecule has 0 saturated heterocycles. The van der Waals surface area contributed by atoms with Gasteiger partial charge in [-0.1, -0.05) is 24.1 Å². The van der Waals surface area contributed by atoms with Crippen LogP contribution in [0.2, 0.25) is 0 Å². The first-order valence-corrected chi connectivity index (χ1v) is 2.30. The fourth-order valence-electron chi connectivity index (χ4n) is 0.251. The van der Waals surface area contributed by atoms with Gasteiger partial charge in [0, 0.05) is 0 Å². The first-order valence-electron chi connectivity index (χ1n) is 2.30. The first-order chi connectivity index (χ1) is 3.91. The summed E-state index contributed by atoms with van der Waals surface area (Å²) in [7, 11) is 0. The quantitative estimate of drug-likeness (QED) is 0.408. The van der Waals surface area contributed by atoms with Gasteiger partial charge < -0.3 is 5.11 Å². The lowest BCUT2D eigenvalue weighted by molar-refractivity contribution is 0.343. The van der Waals surface area contributed by atoms with E-state index in [-0.39, 0.29) is 6.61 Å². The molecule has 0 amide bonds. The number of aliphatic hydroxyl groups is 1. The Morgan fingerprint density at radius 2 is 2.25 bits per heavy atom. The van der Waals surface area contributed by atoms with E-state index in [2.05, 4.69) is 5.92 Å². The van der Waals surface area contributed by atoms with Gasteiger partial charge in [-0.3, -0.25) is 0 Å². The number of terminal acetylenes is 1. The molecule has 8 heavy (non-hydrogen) atoms. The summed E-state index contributed by atoms with van der Waals surface area (Å²) in [5, 5.41) is 8.19. The van der Waals surface area contributed by atoms with Crippen molar-refractivity contribution in [3.05, 3.63) is 24.3 Å². The molecule has 1 N–H and O–H groups in total. The first kappa shape index (κ1) is 7.00. The predicted molar refractivity (Wildman–Crippen MR) is 34.2 cm³/mol. The van der Waals surface area contributed by atoms with E-state index in [1.165, 1.54) is 0 Å². The number of allylic oxidation sites excluding steroid dienone is 3. The molecule has 0 aliphatic carbocycles. The smallest absolute Gasteiger partial charge is 0.0615 e. The Bertz CT molecular complexity index is 126. The number of rotatable bonds is 2. The van der Waals surface area contributed by atoms with E-state index in [0.29, 0.717) is 0 Å². The molecule has 0 unspecified atom stereocenters. The van der Waals surface area contributed by atoms with Gasteiger partial charge in [-0.05, 0) is 6.08 Å². The number of hydrogen-bond acceptors (Lipinski definition) is 1. The Kier molecular flexibility index (Phi) is 5.25. The van der Waals surface area contributed by atoms with Crippen LogP contribution in [0.4, 0.5) is 0 Å². The van der Waals surface area contributed by atoms with E-state index in [1.807, 2.05) is 0 Å². The van der Waals surface area contributed by atoms with Crippen LogP contribution in [-0.2, 0) is 0 Å². The topological polar surface area (TPSA) is 20.2 Å². The van der Waals surface area contributed by atoms with E-state index in [4.69, 9.17) is 11.5 Å². The van der Waals surface area contributed by atoms with Gasteiger partial charge in [0.2, 0.25) is 0 Å². The summed E-state index contributed by atoms with van der Waals surface area (Å²) < 4.78 is 0. The van der Waals surface area contributed by atoms with E-state index in [9.17, 15) is 0 Å². The normalized spacial score (nSPS) is 10.5. The van der Waals surface area contributed by atoms with Gasteiger partial charge >= 0.3 is 0 Å². The zero-order valence-electron chi connectivity index (χ0n) is 4.54. The largest absolute Gasteiger partial charge is 0.392 e. The molecular weight excluding hydrogens is 100 g/mol. The summed E-state index contributed by atoms with van der Waals surface area (Å²) in [4.78, 5) is 0. The lowest BCUT2D eigenvalue weighted by atomic mass is 10.4.